The first-order chi connectivity index (χ1) is 16.7. The summed E-state index contributed by atoms with van der Waals surface area (Å²) in [5.74, 6) is -3.70. The van der Waals surface area contributed by atoms with Gasteiger partial charge < -0.3 is 19.9 Å². The molecule has 35 heavy (non-hydrogen) atoms. The monoisotopic (exact) mass is 542 g/mol. The summed E-state index contributed by atoms with van der Waals surface area (Å²) < 4.78 is 38.6. The van der Waals surface area contributed by atoms with Gasteiger partial charge in [0.05, 0.1) is 23.4 Å². The number of anilines is 2. The number of carbonyl (C=O) groups excluding carboxylic acids is 1. The van der Waals surface area contributed by atoms with Crippen LogP contribution in [0.4, 0.5) is 20.2 Å². The number of ether oxygens (including phenoxy) is 2. The van der Waals surface area contributed by atoms with Gasteiger partial charge in [-0.05, 0) is 37.3 Å². The van der Waals surface area contributed by atoms with Crippen molar-refractivity contribution >= 4 is 50.1 Å². The molecule has 178 valence electrons. The van der Waals surface area contributed by atoms with E-state index < -0.39 is 23.6 Å². The lowest BCUT2D eigenvalue weighted by Crippen LogP contribution is -2.09. The van der Waals surface area contributed by atoms with E-state index >= 15 is 0 Å². The molecule has 1 aromatic heterocycles. The van der Waals surface area contributed by atoms with E-state index in [2.05, 4.69) is 26.2 Å². The maximum absolute atomic E-state index is 13.6. The highest BCUT2D eigenvalue weighted by atomic mass is 79.9. The molecule has 0 bridgehead atoms. The fourth-order valence-electron chi connectivity index (χ4n) is 3.39. The van der Waals surface area contributed by atoms with E-state index in [4.69, 9.17) is 9.47 Å². The quantitative estimate of drug-likeness (QED) is 0.251. The van der Waals surface area contributed by atoms with Crippen molar-refractivity contribution < 1.29 is 33.0 Å². The smallest absolute Gasteiger partial charge is 0.341 e. The summed E-state index contributed by atoms with van der Waals surface area (Å²) in [5.41, 5.74) is 1.14. The van der Waals surface area contributed by atoms with Crippen molar-refractivity contribution in [2.24, 2.45) is 0 Å². The summed E-state index contributed by atoms with van der Waals surface area (Å²) in [5, 5.41) is 13.2. The molecular formula is C25H17BrF2N2O5. The second kappa shape index (κ2) is 10.1. The van der Waals surface area contributed by atoms with Gasteiger partial charge >= 0.3 is 11.9 Å². The first kappa shape index (κ1) is 24.1. The normalized spacial score (nSPS) is 10.7. The number of fused-ring (bicyclic) bond motifs is 1. The zero-order valence-corrected chi connectivity index (χ0v) is 19.7. The van der Waals surface area contributed by atoms with Crippen LogP contribution in [0.3, 0.4) is 0 Å². The maximum Gasteiger partial charge on any atom is 0.341 e. The molecule has 0 unspecified atom stereocenters. The molecule has 0 spiro atoms. The van der Waals surface area contributed by atoms with E-state index in [-0.39, 0.29) is 34.9 Å². The third-order valence-electron chi connectivity index (χ3n) is 4.82. The SMILES string of the molecule is CCOC(=O)c1cnc2cc(Br)ccc2c1Nc1cc(Oc2cc(F)cc(F)c2)cc(C(=O)O)c1. The van der Waals surface area contributed by atoms with Crippen LogP contribution in [0, 0.1) is 11.6 Å². The van der Waals surface area contributed by atoms with Crippen molar-refractivity contribution in [1.82, 2.24) is 4.98 Å². The number of esters is 1. The Balaban J connectivity index is 1.81. The standard InChI is InChI=1S/C25H17BrF2N2O5/c1-2-34-25(33)21-12-29-22-7-14(26)3-4-20(22)23(21)30-17-5-13(24(31)32)6-18(11-17)35-19-9-15(27)8-16(28)10-19/h3-12H,2H2,1H3,(H,29,30)(H,31,32). The van der Waals surface area contributed by atoms with Gasteiger partial charge in [-0.25, -0.2) is 18.4 Å². The van der Waals surface area contributed by atoms with Crippen molar-refractivity contribution in [1.29, 1.82) is 0 Å². The van der Waals surface area contributed by atoms with E-state index in [9.17, 15) is 23.5 Å². The highest BCUT2D eigenvalue weighted by Gasteiger charge is 2.18. The van der Waals surface area contributed by atoms with Gasteiger partial charge in [-0.3, -0.25) is 4.98 Å². The number of carboxylic acid groups (broad SMARTS) is 1. The van der Waals surface area contributed by atoms with Crippen LogP contribution >= 0.6 is 15.9 Å². The van der Waals surface area contributed by atoms with Gasteiger partial charge in [0.2, 0.25) is 0 Å². The summed E-state index contributed by atoms with van der Waals surface area (Å²) in [7, 11) is 0. The van der Waals surface area contributed by atoms with Crippen LogP contribution in [0.2, 0.25) is 0 Å². The Kier molecular flexibility index (Phi) is 6.92. The molecule has 0 atom stereocenters. The Hall–Kier alpha value is -4.05. The maximum atomic E-state index is 13.6. The second-order valence-corrected chi connectivity index (χ2v) is 8.23. The number of hydrogen-bond donors (Lipinski definition) is 2. The molecule has 0 radical (unpaired) electrons. The fourth-order valence-corrected chi connectivity index (χ4v) is 3.74. The molecule has 0 saturated heterocycles. The molecule has 0 amide bonds. The van der Waals surface area contributed by atoms with E-state index in [0.717, 1.165) is 16.6 Å². The van der Waals surface area contributed by atoms with Gasteiger partial charge in [0.25, 0.3) is 0 Å². The fraction of sp³-hybridized carbons (Fsp3) is 0.0800. The number of halogens is 3. The van der Waals surface area contributed by atoms with Gasteiger partial charge in [0.1, 0.15) is 28.7 Å². The van der Waals surface area contributed by atoms with Crippen LogP contribution < -0.4 is 10.1 Å². The van der Waals surface area contributed by atoms with Crippen LogP contribution in [-0.4, -0.2) is 28.6 Å². The molecule has 4 rings (SSSR count). The molecule has 10 heteroatoms. The van der Waals surface area contributed by atoms with E-state index in [1.165, 1.54) is 24.4 Å². The molecule has 1 heterocycles. The second-order valence-electron chi connectivity index (χ2n) is 7.31. The number of hydrogen-bond acceptors (Lipinski definition) is 6. The van der Waals surface area contributed by atoms with Gasteiger partial charge in [-0.15, -0.1) is 0 Å². The Morgan fingerprint density at radius 1 is 1.03 bits per heavy atom. The largest absolute Gasteiger partial charge is 0.478 e. The van der Waals surface area contributed by atoms with Gasteiger partial charge in [0.15, 0.2) is 0 Å². The minimum Gasteiger partial charge on any atom is -0.478 e. The highest BCUT2D eigenvalue weighted by molar-refractivity contribution is 9.10. The third kappa shape index (κ3) is 5.55. The predicted octanol–water partition coefficient (Wildman–Crippen LogP) is 6.69. The van der Waals surface area contributed by atoms with Crippen molar-refractivity contribution in [3.63, 3.8) is 0 Å². The van der Waals surface area contributed by atoms with E-state index in [0.29, 0.717) is 22.7 Å². The summed E-state index contributed by atoms with van der Waals surface area (Å²) in [6.45, 7) is 1.82. The summed E-state index contributed by atoms with van der Waals surface area (Å²) >= 11 is 3.39. The third-order valence-corrected chi connectivity index (χ3v) is 5.31. The van der Waals surface area contributed by atoms with E-state index in [1.54, 1.807) is 25.1 Å². The Bertz CT molecular complexity index is 1440. The van der Waals surface area contributed by atoms with Gasteiger partial charge in [0, 0.05) is 46.0 Å². The average molecular weight is 543 g/mol. The highest BCUT2D eigenvalue weighted by Crippen LogP contribution is 2.34. The number of aromatic nitrogens is 1. The van der Waals surface area contributed by atoms with Crippen LogP contribution in [0.5, 0.6) is 11.5 Å². The molecule has 0 aliphatic carbocycles. The number of nitrogens with one attached hydrogen (secondary N) is 1. The van der Waals surface area contributed by atoms with E-state index in [1.807, 2.05) is 0 Å². The Labute approximate surface area is 206 Å². The lowest BCUT2D eigenvalue weighted by Gasteiger charge is -2.16. The molecule has 3 aromatic carbocycles. The lowest BCUT2D eigenvalue weighted by molar-refractivity contribution is 0.0526. The lowest BCUT2D eigenvalue weighted by atomic mass is 10.1. The molecule has 0 aliphatic rings. The summed E-state index contributed by atoms with van der Waals surface area (Å²) in [6.07, 6.45) is 1.36. The van der Waals surface area contributed by atoms with Crippen molar-refractivity contribution in [2.75, 3.05) is 11.9 Å². The molecule has 0 fully saturated rings. The average Bonchev–Trinajstić information content (AvgIpc) is 2.78. The number of nitrogens with zero attached hydrogens (tertiary/aromatic N) is 1. The topological polar surface area (TPSA) is 97.8 Å². The zero-order chi connectivity index (χ0) is 25.1. The van der Waals surface area contributed by atoms with Crippen LogP contribution in [0.15, 0.2) is 65.3 Å². The predicted molar refractivity (Wildman–Crippen MR) is 129 cm³/mol. The molecule has 0 aliphatic heterocycles. The summed E-state index contributed by atoms with van der Waals surface area (Å²) in [4.78, 5) is 28.7. The van der Waals surface area contributed by atoms with Crippen LogP contribution in [0.25, 0.3) is 10.9 Å². The first-order valence-corrected chi connectivity index (χ1v) is 11.1. The number of carbonyl (C=O) groups is 2. The minimum atomic E-state index is -1.25. The molecule has 0 saturated carbocycles. The molecule has 7 nitrogen and oxygen atoms in total. The number of benzene rings is 3. The minimum absolute atomic E-state index is 0.0104. The first-order valence-electron chi connectivity index (χ1n) is 10.3. The number of aromatic carboxylic acids is 1. The van der Waals surface area contributed by atoms with Crippen molar-refractivity contribution in [2.45, 2.75) is 6.92 Å². The Morgan fingerprint density at radius 2 is 1.74 bits per heavy atom. The molecular weight excluding hydrogens is 526 g/mol. The van der Waals surface area contributed by atoms with Crippen molar-refractivity contribution in [3.05, 3.63) is 88.0 Å². The van der Waals surface area contributed by atoms with Gasteiger partial charge in [-0.1, -0.05) is 15.9 Å². The zero-order valence-electron chi connectivity index (χ0n) is 18.1. The van der Waals surface area contributed by atoms with Crippen LogP contribution in [-0.2, 0) is 4.74 Å². The summed E-state index contributed by atoms with van der Waals surface area (Å²) in [6, 6.07) is 11.9. The van der Waals surface area contributed by atoms with Gasteiger partial charge in [-0.2, -0.15) is 0 Å². The van der Waals surface area contributed by atoms with Crippen LogP contribution in [0.1, 0.15) is 27.6 Å². The molecule has 4 aromatic rings. The van der Waals surface area contributed by atoms with Crippen molar-refractivity contribution in [3.8, 4) is 11.5 Å². The molecule has 2 N–H and O–H groups in total. The number of carboxylic acids is 1. The number of rotatable bonds is 7. The Morgan fingerprint density at radius 3 is 2.43 bits per heavy atom. The number of pyridine rings is 1.